The minimum Gasteiger partial charge on any atom is -0.355 e. The van der Waals surface area contributed by atoms with Crippen molar-refractivity contribution in [1.29, 1.82) is 0 Å². The average Bonchev–Trinajstić information content (AvgIpc) is 3.41. The molecular weight excluding hydrogens is 276 g/mol. The largest absolute Gasteiger partial charge is 0.355 e. The predicted molar refractivity (Wildman–Crippen MR) is 86.3 cm³/mol. The molecular formula is C17H22N4O. The van der Waals surface area contributed by atoms with Crippen molar-refractivity contribution in [2.45, 2.75) is 32.6 Å². The molecule has 0 unspecified atom stereocenters. The van der Waals surface area contributed by atoms with Crippen molar-refractivity contribution in [1.82, 2.24) is 14.5 Å². The van der Waals surface area contributed by atoms with Gasteiger partial charge in [-0.1, -0.05) is 0 Å². The SMILES string of the molecule is Cc1nc2cc(C=O)c(N(CC3CC3)CC3CC3)nc2n1C. The molecule has 2 aromatic heterocycles. The van der Waals surface area contributed by atoms with Crippen LogP contribution in [0.5, 0.6) is 0 Å². The van der Waals surface area contributed by atoms with E-state index in [9.17, 15) is 4.79 Å². The van der Waals surface area contributed by atoms with Gasteiger partial charge in [0.2, 0.25) is 0 Å². The molecule has 2 aliphatic rings. The fraction of sp³-hybridized carbons (Fsp3) is 0.588. The summed E-state index contributed by atoms with van der Waals surface area (Å²) in [6, 6.07) is 1.89. The van der Waals surface area contributed by atoms with E-state index in [2.05, 4.69) is 9.88 Å². The van der Waals surface area contributed by atoms with Crippen LogP contribution in [-0.4, -0.2) is 33.9 Å². The van der Waals surface area contributed by atoms with Crippen LogP contribution in [-0.2, 0) is 7.05 Å². The Morgan fingerprint density at radius 2 is 1.86 bits per heavy atom. The molecule has 2 aliphatic carbocycles. The highest BCUT2D eigenvalue weighted by Crippen LogP contribution is 2.36. The number of pyridine rings is 1. The van der Waals surface area contributed by atoms with Crippen LogP contribution in [0.1, 0.15) is 41.9 Å². The molecule has 0 N–H and O–H groups in total. The van der Waals surface area contributed by atoms with Crippen molar-refractivity contribution in [3.05, 3.63) is 17.5 Å². The Hall–Kier alpha value is -1.91. The van der Waals surface area contributed by atoms with Crippen molar-refractivity contribution in [3.8, 4) is 0 Å². The first kappa shape index (κ1) is 13.7. The molecule has 4 rings (SSSR count). The van der Waals surface area contributed by atoms with Crippen LogP contribution in [0.25, 0.3) is 11.2 Å². The van der Waals surface area contributed by atoms with Gasteiger partial charge in [-0.15, -0.1) is 0 Å². The molecule has 0 aliphatic heterocycles. The van der Waals surface area contributed by atoms with Crippen LogP contribution in [0.4, 0.5) is 5.82 Å². The van der Waals surface area contributed by atoms with E-state index < -0.39 is 0 Å². The molecule has 116 valence electrons. The van der Waals surface area contributed by atoms with Gasteiger partial charge in [0.1, 0.15) is 17.2 Å². The summed E-state index contributed by atoms with van der Waals surface area (Å²) in [5, 5.41) is 0. The number of hydrogen-bond donors (Lipinski definition) is 0. The van der Waals surface area contributed by atoms with E-state index in [-0.39, 0.29) is 0 Å². The van der Waals surface area contributed by atoms with Gasteiger partial charge in [-0.3, -0.25) is 4.79 Å². The quantitative estimate of drug-likeness (QED) is 0.769. The highest BCUT2D eigenvalue weighted by Gasteiger charge is 2.31. The molecule has 22 heavy (non-hydrogen) atoms. The third-order valence-corrected chi connectivity index (χ3v) is 4.85. The number of hydrogen-bond acceptors (Lipinski definition) is 4. The zero-order chi connectivity index (χ0) is 15.3. The maximum Gasteiger partial charge on any atom is 0.162 e. The zero-order valence-corrected chi connectivity index (χ0v) is 13.2. The van der Waals surface area contributed by atoms with E-state index in [1.54, 1.807) is 0 Å². The summed E-state index contributed by atoms with van der Waals surface area (Å²) in [6.45, 7) is 4.04. The molecule has 2 saturated carbocycles. The maximum absolute atomic E-state index is 11.6. The Labute approximate surface area is 130 Å². The van der Waals surface area contributed by atoms with Crippen LogP contribution in [0.2, 0.25) is 0 Å². The summed E-state index contributed by atoms with van der Waals surface area (Å²) in [5.74, 6) is 3.34. The number of aromatic nitrogens is 3. The molecule has 0 spiro atoms. The smallest absolute Gasteiger partial charge is 0.162 e. The molecule has 2 heterocycles. The van der Waals surface area contributed by atoms with E-state index in [1.165, 1.54) is 25.7 Å². The molecule has 0 amide bonds. The molecule has 0 bridgehead atoms. The Balaban J connectivity index is 1.78. The van der Waals surface area contributed by atoms with Gasteiger partial charge in [0.25, 0.3) is 0 Å². The number of carbonyl (C=O) groups is 1. The molecule has 0 saturated heterocycles. The first-order chi connectivity index (χ1) is 10.7. The topological polar surface area (TPSA) is 51.0 Å². The summed E-state index contributed by atoms with van der Waals surface area (Å²) in [7, 11) is 1.98. The van der Waals surface area contributed by atoms with Crippen LogP contribution >= 0.6 is 0 Å². The molecule has 0 radical (unpaired) electrons. The lowest BCUT2D eigenvalue weighted by Crippen LogP contribution is -2.30. The molecule has 2 aromatic rings. The highest BCUT2D eigenvalue weighted by atomic mass is 16.1. The van der Waals surface area contributed by atoms with Crippen LogP contribution in [0.15, 0.2) is 6.07 Å². The Morgan fingerprint density at radius 3 is 2.41 bits per heavy atom. The van der Waals surface area contributed by atoms with Gasteiger partial charge in [-0.25, -0.2) is 9.97 Å². The van der Waals surface area contributed by atoms with E-state index in [0.29, 0.717) is 5.56 Å². The Kier molecular flexibility index (Phi) is 3.17. The second-order valence-corrected chi connectivity index (χ2v) is 6.87. The third kappa shape index (κ3) is 2.49. The normalized spacial score (nSPS) is 17.9. The lowest BCUT2D eigenvalue weighted by Gasteiger charge is -2.25. The van der Waals surface area contributed by atoms with E-state index in [4.69, 9.17) is 4.98 Å². The molecule has 0 aromatic carbocycles. The van der Waals surface area contributed by atoms with Gasteiger partial charge >= 0.3 is 0 Å². The van der Waals surface area contributed by atoms with Crippen molar-refractivity contribution in [2.24, 2.45) is 18.9 Å². The fourth-order valence-corrected chi connectivity index (χ4v) is 3.04. The van der Waals surface area contributed by atoms with Gasteiger partial charge in [0.15, 0.2) is 11.9 Å². The van der Waals surface area contributed by atoms with Gasteiger partial charge < -0.3 is 9.47 Å². The lowest BCUT2D eigenvalue weighted by molar-refractivity contribution is 0.112. The minimum atomic E-state index is 0.673. The van der Waals surface area contributed by atoms with E-state index in [1.807, 2.05) is 24.6 Å². The van der Waals surface area contributed by atoms with Crippen LogP contribution < -0.4 is 4.90 Å². The number of nitrogens with zero attached hydrogens (tertiary/aromatic N) is 4. The third-order valence-electron chi connectivity index (χ3n) is 4.85. The number of imidazole rings is 1. The van der Waals surface area contributed by atoms with Gasteiger partial charge in [-0.2, -0.15) is 0 Å². The Morgan fingerprint density at radius 1 is 1.23 bits per heavy atom. The number of fused-ring (bicyclic) bond motifs is 1. The summed E-state index contributed by atoms with van der Waals surface area (Å²) in [4.78, 5) is 23.2. The second kappa shape index (κ2) is 5.07. The van der Waals surface area contributed by atoms with Gasteiger partial charge in [-0.05, 0) is 50.5 Å². The number of aryl methyl sites for hydroxylation is 2. The van der Waals surface area contributed by atoms with Crippen LogP contribution in [0, 0.1) is 18.8 Å². The molecule has 2 fully saturated rings. The minimum absolute atomic E-state index is 0.673. The lowest BCUT2D eigenvalue weighted by atomic mass is 10.2. The summed E-state index contributed by atoms with van der Waals surface area (Å²) in [5.41, 5.74) is 2.35. The molecule has 5 nitrogen and oxygen atoms in total. The summed E-state index contributed by atoms with van der Waals surface area (Å²) in [6.07, 6.45) is 6.17. The van der Waals surface area contributed by atoms with Crippen LogP contribution in [0.3, 0.4) is 0 Å². The zero-order valence-electron chi connectivity index (χ0n) is 13.2. The maximum atomic E-state index is 11.6. The van der Waals surface area contributed by atoms with Gasteiger partial charge in [0.05, 0.1) is 5.56 Å². The molecule has 5 heteroatoms. The van der Waals surface area contributed by atoms with Crippen molar-refractivity contribution < 1.29 is 4.79 Å². The van der Waals surface area contributed by atoms with Crippen molar-refractivity contribution >= 4 is 23.3 Å². The van der Waals surface area contributed by atoms with Crippen molar-refractivity contribution in [2.75, 3.05) is 18.0 Å². The monoisotopic (exact) mass is 298 g/mol. The van der Waals surface area contributed by atoms with Crippen molar-refractivity contribution in [3.63, 3.8) is 0 Å². The Bertz CT molecular complexity index is 714. The first-order valence-electron chi connectivity index (χ1n) is 8.20. The van der Waals surface area contributed by atoms with Gasteiger partial charge in [0, 0.05) is 20.1 Å². The summed E-state index contributed by atoms with van der Waals surface area (Å²) >= 11 is 0. The number of rotatable bonds is 6. The first-order valence-corrected chi connectivity index (χ1v) is 8.20. The van der Waals surface area contributed by atoms with E-state index in [0.717, 1.165) is 54.0 Å². The highest BCUT2D eigenvalue weighted by molar-refractivity contribution is 5.89. The predicted octanol–water partition coefficient (Wildman–Crippen LogP) is 2.72. The number of carbonyl (C=O) groups excluding carboxylic acids is 1. The number of anilines is 1. The summed E-state index contributed by atoms with van der Waals surface area (Å²) < 4.78 is 2.00. The number of aldehydes is 1. The molecule has 0 atom stereocenters. The second-order valence-electron chi connectivity index (χ2n) is 6.87. The fourth-order valence-electron chi connectivity index (χ4n) is 3.04. The standard InChI is InChI=1S/C17H22N4O/c1-11-18-15-7-14(10-22)16(19-17(15)20(11)2)21(8-12-3-4-12)9-13-5-6-13/h7,10,12-13H,3-6,8-9H2,1-2H3. The average molecular weight is 298 g/mol. The van der Waals surface area contributed by atoms with E-state index >= 15 is 0 Å².